The molecule has 0 aliphatic heterocycles. The van der Waals surface area contributed by atoms with Crippen molar-refractivity contribution in [2.24, 2.45) is 5.92 Å². The zero-order chi connectivity index (χ0) is 12.4. The SMILES string of the molecule is CCCCOCC(O)CN(C)CCC(C)C. The van der Waals surface area contributed by atoms with Gasteiger partial charge in [-0.05, 0) is 32.4 Å². The topological polar surface area (TPSA) is 32.7 Å². The Morgan fingerprint density at radius 2 is 2.00 bits per heavy atom. The van der Waals surface area contributed by atoms with E-state index in [1.54, 1.807) is 0 Å². The van der Waals surface area contributed by atoms with Crippen LogP contribution in [0.15, 0.2) is 0 Å². The lowest BCUT2D eigenvalue weighted by Crippen LogP contribution is -2.33. The third-order valence-corrected chi connectivity index (χ3v) is 2.56. The molecule has 0 spiro atoms. The van der Waals surface area contributed by atoms with Gasteiger partial charge < -0.3 is 14.7 Å². The van der Waals surface area contributed by atoms with E-state index >= 15 is 0 Å². The van der Waals surface area contributed by atoms with E-state index in [1.807, 2.05) is 0 Å². The summed E-state index contributed by atoms with van der Waals surface area (Å²) in [6.07, 6.45) is 3.05. The van der Waals surface area contributed by atoms with E-state index in [1.165, 1.54) is 6.42 Å². The fourth-order valence-electron chi connectivity index (χ4n) is 1.45. The van der Waals surface area contributed by atoms with Crippen molar-refractivity contribution in [2.75, 3.05) is 33.4 Å². The quantitative estimate of drug-likeness (QED) is 0.585. The zero-order valence-corrected chi connectivity index (χ0v) is 11.4. The maximum absolute atomic E-state index is 9.72. The highest BCUT2D eigenvalue weighted by molar-refractivity contribution is 4.61. The molecule has 0 amide bonds. The fraction of sp³-hybridized carbons (Fsp3) is 1.00. The van der Waals surface area contributed by atoms with Crippen LogP contribution in [-0.4, -0.2) is 49.5 Å². The van der Waals surface area contributed by atoms with Gasteiger partial charge in [-0.25, -0.2) is 0 Å². The molecule has 0 heterocycles. The molecule has 3 nitrogen and oxygen atoms in total. The van der Waals surface area contributed by atoms with Crippen molar-refractivity contribution in [3.63, 3.8) is 0 Å². The first kappa shape index (κ1) is 15.9. The number of likely N-dealkylation sites (N-methyl/N-ethyl adjacent to an activating group) is 1. The van der Waals surface area contributed by atoms with Crippen LogP contribution in [0.5, 0.6) is 0 Å². The van der Waals surface area contributed by atoms with Crippen LogP contribution in [0.4, 0.5) is 0 Å². The van der Waals surface area contributed by atoms with Gasteiger partial charge in [0.2, 0.25) is 0 Å². The van der Waals surface area contributed by atoms with Crippen LogP contribution in [0.25, 0.3) is 0 Å². The predicted octanol–water partition coefficient (Wildman–Crippen LogP) is 2.14. The second-order valence-electron chi connectivity index (χ2n) is 5.03. The number of nitrogens with zero attached hydrogens (tertiary/aromatic N) is 1. The van der Waals surface area contributed by atoms with Gasteiger partial charge in [-0.2, -0.15) is 0 Å². The molecule has 1 unspecified atom stereocenters. The molecule has 0 aliphatic rings. The van der Waals surface area contributed by atoms with Gasteiger partial charge in [0.05, 0.1) is 12.7 Å². The molecule has 0 saturated heterocycles. The average Bonchev–Trinajstić information content (AvgIpc) is 2.21. The molecule has 0 aliphatic carbocycles. The predicted molar refractivity (Wildman–Crippen MR) is 68.7 cm³/mol. The van der Waals surface area contributed by atoms with Crippen molar-refractivity contribution in [1.82, 2.24) is 4.90 Å². The number of hydrogen-bond acceptors (Lipinski definition) is 3. The molecule has 0 aromatic carbocycles. The van der Waals surface area contributed by atoms with Gasteiger partial charge in [-0.15, -0.1) is 0 Å². The fourth-order valence-corrected chi connectivity index (χ4v) is 1.45. The third-order valence-electron chi connectivity index (χ3n) is 2.56. The molecule has 1 atom stereocenters. The molecule has 0 radical (unpaired) electrons. The highest BCUT2D eigenvalue weighted by Crippen LogP contribution is 2.01. The molecule has 1 N–H and O–H groups in total. The normalized spacial score (nSPS) is 13.7. The first-order chi connectivity index (χ1) is 7.56. The highest BCUT2D eigenvalue weighted by atomic mass is 16.5. The van der Waals surface area contributed by atoms with E-state index in [0.29, 0.717) is 13.2 Å². The van der Waals surface area contributed by atoms with E-state index in [0.717, 1.165) is 31.9 Å². The molecule has 16 heavy (non-hydrogen) atoms. The van der Waals surface area contributed by atoms with Crippen molar-refractivity contribution in [3.05, 3.63) is 0 Å². The molecule has 0 bridgehead atoms. The van der Waals surface area contributed by atoms with Crippen molar-refractivity contribution in [2.45, 2.75) is 46.1 Å². The first-order valence-corrected chi connectivity index (χ1v) is 6.50. The van der Waals surface area contributed by atoms with Crippen LogP contribution in [-0.2, 0) is 4.74 Å². The zero-order valence-electron chi connectivity index (χ0n) is 11.4. The van der Waals surface area contributed by atoms with E-state index in [-0.39, 0.29) is 6.10 Å². The van der Waals surface area contributed by atoms with Gasteiger partial charge in [0, 0.05) is 13.2 Å². The Morgan fingerprint density at radius 1 is 1.31 bits per heavy atom. The van der Waals surface area contributed by atoms with E-state index in [4.69, 9.17) is 4.74 Å². The van der Waals surface area contributed by atoms with Crippen LogP contribution in [0.2, 0.25) is 0 Å². The van der Waals surface area contributed by atoms with Crippen molar-refractivity contribution in [1.29, 1.82) is 0 Å². The van der Waals surface area contributed by atoms with Crippen LogP contribution < -0.4 is 0 Å². The summed E-state index contributed by atoms with van der Waals surface area (Å²) in [5.74, 6) is 0.723. The average molecular weight is 231 g/mol. The number of unbranched alkanes of at least 4 members (excludes halogenated alkanes) is 1. The summed E-state index contributed by atoms with van der Waals surface area (Å²) in [4.78, 5) is 2.17. The van der Waals surface area contributed by atoms with E-state index in [2.05, 4.69) is 32.7 Å². The van der Waals surface area contributed by atoms with Crippen LogP contribution in [0, 0.1) is 5.92 Å². The maximum atomic E-state index is 9.72. The van der Waals surface area contributed by atoms with Gasteiger partial charge in [-0.1, -0.05) is 27.2 Å². The van der Waals surface area contributed by atoms with Gasteiger partial charge in [0.15, 0.2) is 0 Å². The minimum atomic E-state index is -0.353. The molecule has 0 saturated carbocycles. The Balaban J connectivity index is 3.42. The molecule has 0 fully saturated rings. The van der Waals surface area contributed by atoms with Crippen molar-refractivity contribution >= 4 is 0 Å². The number of aliphatic hydroxyl groups is 1. The van der Waals surface area contributed by atoms with Crippen molar-refractivity contribution < 1.29 is 9.84 Å². The third kappa shape index (κ3) is 10.4. The highest BCUT2D eigenvalue weighted by Gasteiger charge is 2.08. The summed E-state index contributed by atoms with van der Waals surface area (Å²) in [6.45, 7) is 9.56. The molecule has 0 rings (SSSR count). The Morgan fingerprint density at radius 3 is 2.56 bits per heavy atom. The standard InChI is InChI=1S/C13H29NO2/c1-5-6-9-16-11-13(15)10-14(4)8-7-12(2)3/h12-13,15H,5-11H2,1-4H3. The Labute approximate surface area is 101 Å². The molecule has 0 aromatic rings. The Hall–Kier alpha value is -0.120. The summed E-state index contributed by atoms with van der Waals surface area (Å²) in [6, 6.07) is 0. The Kier molecular flexibility index (Phi) is 9.99. The molecule has 3 heteroatoms. The number of hydrogen-bond donors (Lipinski definition) is 1. The second kappa shape index (κ2) is 10.1. The molecular formula is C13H29NO2. The smallest absolute Gasteiger partial charge is 0.0900 e. The minimum absolute atomic E-state index is 0.353. The van der Waals surface area contributed by atoms with Gasteiger partial charge in [0.1, 0.15) is 0 Å². The lowest BCUT2D eigenvalue weighted by Gasteiger charge is -2.21. The second-order valence-corrected chi connectivity index (χ2v) is 5.03. The van der Waals surface area contributed by atoms with E-state index < -0.39 is 0 Å². The largest absolute Gasteiger partial charge is 0.389 e. The summed E-state index contributed by atoms with van der Waals surface area (Å²) < 4.78 is 5.39. The maximum Gasteiger partial charge on any atom is 0.0900 e. The Bertz CT molecular complexity index is 151. The van der Waals surface area contributed by atoms with Crippen LogP contribution in [0.3, 0.4) is 0 Å². The van der Waals surface area contributed by atoms with Gasteiger partial charge in [0.25, 0.3) is 0 Å². The first-order valence-electron chi connectivity index (χ1n) is 6.50. The number of aliphatic hydroxyl groups excluding tert-OH is 1. The summed E-state index contributed by atoms with van der Waals surface area (Å²) in [5, 5.41) is 9.72. The monoisotopic (exact) mass is 231 g/mol. The summed E-state index contributed by atoms with van der Waals surface area (Å²) in [5.41, 5.74) is 0. The van der Waals surface area contributed by atoms with E-state index in [9.17, 15) is 5.11 Å². The lowest BCUT2D eigenvalue weighted by molar-refractivity contribution is 0.0194. The molecule has 0 aromatic heterocycles. The van der Waals surface area contributed by atoms with Gasteiger partial charge >= 0.3 is 0 Å². The summed E-state index contributed by atoms with van der Waals surface area (Å²) >= 11 is 0. The lowest BCUT2D eigenvalue weighted by atomic mass is 10.1. The summed E-state index contributed by atoms with van der Waals surface area (Å²) in [7, 11) is 2.05. The molecular weight excluding hydrogens is 202 g/mol. The number of ether oxygens (including phenoxy) is 1. The van der Waals surface area contributed by atoms with Crippen LogP contribution >= 0.6 is 0 Å². The van der Waals surface area contributed by atoms with Gasteiger partial charge in [-0.3, -0.25) is 0 Å². The minimum Gasteiger partial charge on any atom is -0.389 e. The number of rotatable bonds is 10. The molecule has 98 valence electrons. The van der Waals surface area contributed by atoms with Crippen molar-refractivity contribution in [3.8, 4) is 0 Å². The van der Waals surface area contributed by atoms with Crippen LogP contribution in [0.1, 0.15) is 40.0 Å².